The number of aliphatic hydroxyl groups excluding tert-OH is 1. The molecule has 0 spiro atoms. The maximum absolute atomic E-state index is 12.3. The van der Waals surface area contributed by atoms with Gasteiger partial charge in [0.15, 0.2) is 0 Å². The van der Waals surface area contributed by atoms with Crippen LogP contribution in [-0.2, 0) is 9.53 Å². The molecule has 0 aromatic carbocycles. The number of rotatable bonds is 1. The number of esters is 1. The summed E-state index contributed by atoms with van der Waals surface area (Å²) >= 11 is 0. The van der Waals surface area contributed by atoms with Crippen molar-refractivity contribution in [2.24, 2.45) is 40.4 Å². The summed E-state index contributed by atoms with van der Waals surface area (Å²) < 4.78 is 5.24. The summed E-state index contributed by atoms with van der Waals surface area (Å²) in [5.74, 6) is 1.92. The Labute approximate surface area is 168 Å². The number of aliphatic hydroxyl groups is 2. The van der Waals surface area contributed by atoms with Gasteiger partial charge in [0.05, 0.1) is 11.7 Å². The van der Waals surface area contributed by atoms with E-state index in [0.29, 0.717) is 30.3 Å². The van der Waals surface area contributed by atoms with Gasteiger partial charge < -0.3 is 14.9 Å². The van der Waals surface area contributed by atoms with E-state index in [-0.39, 0.29) is 28.8 Å². The van der Waals surface area contributed by atoms with Gasteiger partial charge >= 0.3 is 5.97 Å². The number of ether oxygens (including phenoxy) is 1. The Morgan fingerprint density at radius 1 is 1.07 bits per heavy atom. The molecular weight excluding hydrogens is 352 g/mol. The van der Waals surface area contributed by atoms with Crippen molar-refractivity contribution < 1.29 is 19.7 Å². The Morgan fingerprint density at radius 3 is 2.57 bits per heavy atom. The molecule has 0 aromatic heterocycles. The predicted molar refractivity (Wildman–Crippen MR) is 106 cm³/mol. The molecule has 0 saturated heterocycles. The first kappa shape index (κ1) is 19.1. The molecule has 2 N–H and O–H groups in total. The van der Waals surface area contributed by atoms with Gasteiger partial charge in [-0.25, -0.2) is 4.79 Å². The van der Waals surface area contributed by atoms with Crippen LogP contribution in [0, 0.1) is 40.4 Å². The first-order valence-electron chi connectivity index (χ1n) is 11.5. The molecule has 1 heterocycles. The molecule has 0 aromatic rings. The van der Waals surface area contributed by atoms with Gasteiger partial charge in [-0.1, -0.05) is 20.8 Å². The maximum atomic E-state index is 12.3. The SMILES string of the molecule is CC1CC2C(CCC3CC(O)CCC32C)C2(O)CCC(C3=CC(=O)OC3)C12C. The number of carbonyl (C=O) groups is 1. The molecule has 28 heavy (non-hydrogen) atoms. The first-order valence-corrected chi connectivity index (χ1v) is 11.5. The van der Waals surface area contributed by atoms with Crippen LogP contribution in [0.5, 0.6) is 0 Å². The monoisotopic (exact) mass is 388 g/mol. The van der Waals surface area contributed by atoms with E-state index in [1.165, 1.54) is 0 Å². The number of cyclic esters (lactones) is 1. The fourth-order valence-electron chi connectivity index (χ4n) is 8.76. The van der Waals surface area contributed by atoms with Crippen molar-refractivity contribution in [2.75, 3.05) is 6.61 Å². The number of carbonyl (C=O) groups excluding carboxylic acids is 1. The molecule has 0 amide bonds. The van der Waals surface area contributed by atoms with Crippen LogP contribution in [0.4, 0.5) is 0 Å². The van der Waals surface area contributed by atoms with Crippen LogP contribution in [-0.4, -0.2) is 34.5 Å². The average Bonchev–Trinajstić information content (AvgIpc) is 3.19. The summed E-state index contributed by atoms with van der Waals surface area (Å²) in [6, 6.07) is 0. The van der Waals surface area contributed by atoms with E-state index in [2.05, 4.69) is 20.8 Å². The maximum Gasteiger partial charge on any atom is 0.331 e. The Hall–Kier alpha value is -0.870. The van der Waals surface area contributed by atoms with Crippen LogP contribution in [0.25, 0.3) is 0 Å². The smallest absolute Gasteiger partial charge is 0.331 e. The van der Waals surface area contributed by atoms with Crippen molar-refractivity contribution in [3.8, 4) is 0 Å². The third-order valence-electron chi connectivity index (χ3n) is 10.5. The Kier molecular flexibility index (Phi) is 4.15. The van der Waals surface area contributed by atoms with E-state index in [1.807, 2.05) is 0 Å². The summed E-state index contributed by atoms with van der Waals surface area (Å²) in [5, 5.41) is 22.5. The minimum absolute atomic E-state index is 0.133. The zero-order valence-corrected chi connectivity index (χ0v) is 17.6. The number of hydrogen-bond acceptors (Lipinski definition) is 4. The highest BCUT2D eigenvalue weighted by Gasteiger charge is 2.69. The second-order valence-electron chi connectivity index (χ2n) is 11.2. The summed E-state index contributed by atoms with van der Waals surface area (Å²) in [6.45, 7) is 7.50. The van der Waals surface area contributed by atoms with Crippen molar-refractivity contribution in [3.05, 3.63) is 11.6 Å². The zero-order valence-electron chi connectivity index (χ0n) is 17.6. The van der Waals surface area contributed by atoms with Gasteiger partial charge in [-0.3, -0.25) is 0 Å². The second-order valence-corrected chi connectivity index (χ2v) is 11.2. The molecule has 4 nitrogen and oxygen atoms in total. The molecule has 4 saturated carbocycles. The highest BCUT2D eigenvalue weighted by atomic mass is 16.5. The zero-order chi connectivity index (χ0) is 19.9. The van der Waals surface area contributed by atoms with Gasteiger partial charge in [0.2, 0.25) is 0 Å². The van der Waals surface area contributed by atoms with Crippen molar-refractivity contribution in [1.82, 2.24) is 0 Å². The molecule has 9 atom stereocenters. The van der Waals surface area contributed by atoms with Crippen molar-refractivity contribution in [1.29, 1.82) is 0 Å². The van der Waals surface area contributed by atoms with E-state index in [4.69, 9.17) is 4.74 Å². The summed E-state index contributed by atoms with van der Waals surface area (Å²) in [6.07, 6.45) is 9.69. The number of hydrogen-bond donors (Lipinski definition) is 2. The highest BCUT2D eigenvalue weighted by molar-refractivity contribution is 5.85. The van der Waals surface area contributed by atoms with Crippen LogP contribution in [0.3, 0.4) is 0 Å². The quantitative estimate of drug-likeness (QED) is 0.670. The van der Waals surface area contributed by atoms with Crippen LogP contribution < -0.4 is 0 Å². The lowest BCUT2D eigenvalue weighted by Crippen LogP contribution is -2.64. The first-order chi connectivity index (χ1) is 13.2. The fraction of sp³-hybridized carbons (Fsp3) is 0.875. The van der Waals surface area contributed by atoms with Crippen LogP contribution in [0.2, 0.25) is 0 Å². The molecule has 9 unspecified atom stereocenters. The van der Waals surface area contributed by atoms with Crippen LogP contribution in [0.1, 0.15) is 72.1 Å². The van der Waals surface area contributed by atoms with E-state index in [1.54, 1.807) is 6.08 Å². The normalized spacial score (nSPS) is 55.8. The highest BCUT2D eigenvalue weighted by Crippen LogP contribution is 2.71. The Bertz CT molecular complexity index is 715. The molecule has 4 fully saturated rings. The second kappa shape index (κ2) is 6.07. The average molecular weight is 389 g/mol. The van der Waals surface area contributed by atoms with Gasteiger partial charge in [-0.05, 0) is 91.9 Å². The lowest BCUT2D eigenvalue weighted by Gasteiger charge is -2.65. The molecule has 4 heteroatoms. The van der Waals surface area contributed by atoms with Crippen LogP contribution in [0.15, 0.2) is 11.6 Å². The van der Waals surface area contributed by atoms with Crippen LogP contribution >= 0.6 is 0 Å². The van der Waals surface area contributed by atoms with Crippen molar-refractivity contribution in [2.45, 2.75) is 83.8 Å². The van der Waals surface area contributed by atoms with Gasteiger partial charge in [-0.15, -0.1) is 0 Å². The van der Waals surface area contributed by atoms with Crippen molar-refractivity contribution in [3.63, 3.8) is 0 Å². The molecule has 0 radical (unpaired) electrons. The molecule has 156 valence electrons. The minimum atomic E-state index is -0.656. The molecular formula is C24H36O4. The van der Waals surface area contributed by atoms with Crippen molar-refractivity contribution >= 4 is 5.97 Å². The van der Waals surface area contributed by atoms with Gasteiger partial charge in [-0.2, -0.15) is 0 Å². The molecule has 1 aliphatic heterocycles. The minimum Gasteiger partial charge on any atom is -0.458 e. The standard InChI is InChI=1S/C24H36O4/c1-14-10-20-19(5-4-16-12-17(25)6-8-22(16,20)2)24(27)9-7-18(23(14,24)3)15-11-21(26)28-13-15/h11,14,16-20,25,27H,4-10,12-13H2,1-3H3. The van der Waals surface area contributed by atoms with E-state index < -0.39 is 5.60 Å². The lowest BCUT2D eigenvalue weighted by molar-refractivity contribution is -0.227. The fourth-order valence-corrected chi connectivity index (χ4v) is 8.76. The molecule has 5 rings (SSSR count). The van der Waals surface area contributed by atoms with Gasteiger partial charge in [0, 0.05) is 11.5 Å². The topological polar surface area (TPSA) is 66.8 Å². The van der Waals surface area contributed by atoms with Gasteiger partial charge in [0.1, 0.15) is 6.61 Å². The van der Waals surface area contributed by atoms with E-state index >= 15 is 0 Å². The third kappa shape index (κ3) is 2.28. The Balaban J connectivity index is 1.51. The summed E-state index contributed by atoms with van der Waals surface area (Å²) in [5.41, 5.74) is 0.508. The van der Waals surface area contributed by atoms with Gasteiger partial charge in [0.25, 0.3) is 0 Å². The predicted octanol–water partition coefficient (Wildman–Crippen LogP) is 3.85. The summed E-state index contributed by atoms with van der Waals surface area (Å²) in [7, 11) is 0. The molecule has 0 bridgehead atoms. The lowest BCUT2D eigenvalue weighted by atomic mass is 9.41. The molecule has 4 aliphatic carbocycles. The Morgan fingerprint density at radius 2 is 1.86 bits per heavy atom. The van der Waals surface area contributed by atoms with E-state index in [0.717, 1.165) is 56.9 Å². The number of fused-ring (bicyclic) bond motifs is 5. The van der Waals surface area contributed by atoms with E-state index in [9.17, 15) is 15.0 Å². The third-order valence-corrected chi connectivity index (χ3v) is 10.5. The molecule has 5 aliphatic rings. The largest absolute Gasteiger partial charge is 0.458 e. The summed E-state index contributed by atoms with van der Waals surface area (Å²) in [4.78, 5) is 11.7.